The highest BCUT2D eigenvalue weighted by Crippen LogP contribution is 2.27. The third kappa shape index (κ3) is 3.89. The lowest BCUT2D eigenvalue weighted by molar-refractivity contribution is -0.905. The van der Waals surface area contributed by atoms with Gasteiger partial charge in [-0.25, -0.2) is 0 Å². The van der Waals surface area contributed by atoms with Crippen molar-refractivity contribution in [3.05, 3.63) is 28.8 Å². The van der Waals surface area contributed by atoms with Gasteiger partial charge in [-0.2, -0.15) is 0 Å². The second kappa shape index (κ2) is 7.01. The molecule has 1 aromatic carbocycles. The molecule has 100 valence electrons. The van der Waals surface area contributed by atoms with Crippen LogP contribution in [-0.2, 0) is 0 Å². The largest absolute Gasteiger partial charge is 0.492 e. The molecule has 1 aliphatic rings. The molecule has 0 atom stereocenters. The van der Waals surface area contributed by atoms with E-state index in [1.54, 1.807) is 4.90 Å². The lowest BCUT2D eigenvalue weighted by Crippen LogP contribution is -3.12. The van der Waals surface area contributed by atoms with Crippen molar-refractivity contribution in [1.82, 2.24) is 0 Å². The molecule has 0 unspecified atom stereocenters. The van der Waals surface area contributed by atoms with Crippen molar-refractivity contribution < 1.29 is 9.64 Å². The van der Waals surface area contributed by atoms with Crippen molar-refractivity contribution in [2.24, 2.45) is 0 Å². The van der Waals surface area contributed by atoms with Crippen molar-refractivity contribution in [3.63, 3.8) is 0 Å². The Labute approximate surface area is 115 Å². The Kier molecular flexibility index (Phi) is 5.33. The number of rotatable bonds is 5. The van der Waals surface area contributed by atoms with E-state index in [-0.39, 0.29) is 0 Å². The number of piperidine rings is 1. The van der Waals surface area contributed by atoms with Gasteiger partial charge in [-0.15, -0.1) is 0 Å². The van der Waals surface area contributed by atoms with Crippen LogP contribution in [0.3, 0.4) is 0 Å². The fourth-order valence-electron chi connectivity index (χ4n) is 2.60. The molecule has 1 aromatic rings. The molecule has 1 fully saturated rings. The van der Waals surface area contributed by atoms with Crippen molar-refractivity contribution >= 4 is 11.6 Å². The molecule has 1 aliphatic heterocycles. The molecule has 1 N–H and O–H groups in total. The highest BCUT2D eigenvalue weighted by atomic mass is 35.5. The van der Waals surface area contributed by atoms with Crippen LogP contribution in [0.5, 0.6) is 5.75 Å². The summed E-state index contributed by atoms with van der Waals surface area (Å²) in [6.45, 7) is 6.71. The maximum absolute atomic E-state index is 6.13. The summed E-state index contributed by atoms with van der Waals surface area (Å²) < 4.78 is 5.81. The lowest BCUT2D eigenvalue weighted by Gasteiger charge is -2.23. The zero-order valence-electron chi connectivity index (χ0n) is 11.2. The SMILES string of the molecule is Cc1cccc(Cl)c1OCCC[NH+]1CCCCC1. The zero-order valence-corrected chi connectivity index (χ0v) is 11.9. The quantitative estimate of drug-likeness (QED) is 0.810. The summed E-state index contributed by atoms with van der Waals surface area (Å²) in [5.41, 5.74) is 1.12. The smallest absolute Gasteiger partial charge is 0.140 e. The van der Waals surface area contributed by atoms with Gasteiger partial charge in [-0.3, -0.25) is 0 Å². The van der Waals surface area contributed by atoms with E-state index in [4.69, 9.17) is 16.3 Å². The van der Waals surface area contributed by atoms with E-state index in [0.29, 0.717) is 0 Å². The predicted octanol–water partition coefficient (Wildman–Crippen LogP) is 2.49. The zero-order chi connectivity index (χ0) is 12.8. The Morgan fingerprint density at radius 1 is 1.22 bits per heavy atom. The van der Waals surface area contributed by atoms with Crippen molar-refractivity contribution in [1.29, 1.82) is 0 Å². The van der Waals surface area contributed by atoms with Gasteiger partial charge in [-0.1, -0.05) is 23.7 Å². The van der Waals surface area contributed by atoms with E-state index in [9.17, 15) is 0 Å². The van der Waals surface area contributed by atoms with Crippen molar-refractivity contribution in [2.45, 2.75) is 32.6 Å². The van der Waals surface area contributed by atoms with Gasteiger partial charge in [0.1, 0.15) is 5.75 Å². The predicted molar refractivity (Wildman–Crippen MR) is 75.7 cm³/mol. The number of halogens is 1. The highest BCUT2D eigenvalue weighted by Gasteiger charge is 2.12. The molecule has 0 spiro atoms. The molecule has 3 heteroatoms. The number of ether oxygens (including phenoxy) is 1. The highest BCUT2D eigenvalue weighted by molar-refractivity contribution is 6.32. The van der Waals surface area contributed by atoms with E-state index in [0.717, 1.165) is 29.4 Å². The molecule has 0 bridgehead atoms. The Hall–Kier alpha value is -0.730. The van der Waals surface area contributed by atoms with Gasteiger partial charge in [0.15, 0.2) is 0 Å². The Balaban J connectivity index is 1.71. The Morgan fingerprint density at radius 3 is 2.72 bits per heavy atom. The first-order valence-corrected chi connectivity index (χ1v) is 7.36. The number of hydrogen-bond donors (Lipinski definition) is 1. The molecule has 2 nitrogen and oxygen atoms in total. The van der Waals surface area contributed by atoms with Gasteiger partial charge in [0.05, 0.1) is 31.3 Å². The van der Waals surface area contributed by atoms with Crippen LogP contribution in [0.2, 0.25) is 5.02 Å². The maximum atomic E-state index is 6.13. The number of likely N-dealkylation sites (tertiary alicyclic amines) is 1. The number of hydrogen-bond acceptors (Lipinski definition) is 1. The van der Waals surface area contributed by atoms with Crippen LogP contribution in [0.15, 0.2) is 18.2 Å². The van der Waals surface area contributed by atoms with E-state index >= 15 is 0 Å². The standard InChI is InChI=1S/C15H22ClNO/c1-13-7-5-8-14(16)15(13)18-12-6-11-17-9-3-2-4-10-17/h5,7-8H,2-4,6,9-12H2,1H3/p+1. The third-order valence-corrected chi connectivity index (χ3v) is 3.94. The first-order valence-electron chi connectivity index (χ1n) is 6.99. The monoisotopic (exact) mass is 268 g/mol. The average Bonchev–Trinajstić information content (AvgIpc) is 2.38. The summed E-state index contributed by atoms with van der Waals surface area (Å²) in [4.78, 5) is 1.74. The molecule has 0 saturated carbocycles. The van der Waals surface area contributed by atoms with Crippen LogP contribution in [-0.4, -0.2) is 26.2 Å². The van der Waals surface area contributed by atoms with Crippen molar-refractivity contribution in [2.75, 3.05) is 26.2 Å². The van der Waals surface area contributed by atoms with Crippen LogP contribution < -0.4 is 9.64 Å². The third-order valence-electron chi connectivity index (χ3n) is 3.65. The number of aryl methyl sites for hydroxylation is 1. The first kappa shape index (κ1) is 13.7. The molecular weight excluding hydrogens is 246 g/mol. The second-order valence-corrected chi connectivity index (χ2v) is 5.56. The van der Waals surface area contributed by atoms with Gasteiger partial charge in [0, 0.05) is 6.42 Å². The molecule has 0 radical (unpaired) electrons. The van der Waals surface area contributed by atoms with Crippen LogP contribution in [0, 0.1) is 6.92 Å². The van der Waals surface area contributed by atoms with Crippen LogP contribution >= 0.6 is 11.6 Å². The fraction of sp³-hybridized carbons (Fsp3) is 0.600. The van der Waals surface area contributed by atoms with Gasteiger partial charge < -0.3 is 9.64 Å². The second-order valence-electron chi connectivity index (χ2n) is 5.15. The van der Waals surface area contributed by atoms with Crippen LogP contribution in [0.1, 0.15) is 31.2 Å². The minimum atomic E-state index is 0.723. The normalized spacial score (nSPS) is 16.8. The van der Waals surface area contributed by atoms with Crippen LogP contribution in [0.4, 0.5) is 0 Å². The summed E-state index contributed by atoms with van der Waals surface area (Å²) >= 11 is 6.13. The van der Waals surface area contributed by atoms with E-state index < -0.39 is 0 Å². The molecule has 18 heavy (non-hydrogen) atoms. The average molecular weight is 269 g/mol. The summed E-state index contributed by atoms with van der Waals surface area (Å²) in [6, 6.07) is 5.89. The van der Waals surface area contributed by atoms with Gasteiger partial charge in [0.25, 0.3) is 0 Å². The summed E-state index contributed by atoms with van der Waals surface area (Å²) in [5, 5.41) is 0.723. The summed E-state index contributed by atoms with van der Waals surface area (Å²) in [6.07, 6.45) is 5.30. The first-order chi connectivity index (χ1) is 8.77. The molecule has 2 rings (SSSR count). The fourth-order valence-corrected chi connectivity index (χ4v) is 2.87. The molecule has 1 heterocycles. The Morgan fingerprint density at radius 2 is 2.00 bits per heavy atom. The van der Waals surface area contributed by atoms with Gasteiger partial charge >= 0.3 is 0 Å². The molecule has 0 amide bonds. The van der Waals surface area contributed by atoms with Gasteiger partial charge in [0.2, 0.25) is 0 Å². The number of benzene rings is 1. The van der Waals surface area contributed by atoms with Crippen molar-refractivity contribution in [3.8, 4) is 5.75 Å². The Bertz CT molecular complexity index is 355. The number of para-hydroxylation sites is 1. The number of nitrogens with one attached hydrogen (secondary N) is 1. The van der Waals surface area contributed by atoms with Gasteiger partial charge in [-0.05, 0) is 37.8 Å². The molecule has 0 aromatic heterocycles. The summed E-state index contributed by atoms with van der Waals surface area (Å²) in [7, 11) is 0. The lowest BCUT2D eigenvalue weighted by atomic mass is 10.1. The minimum Gasteiger partial charge on any atom is -0.492 e. The number of quaternary nitrogens is 1. The topological polar surface area (TPSA) is 13.7 Å². The van der Waals surface area contributed by atoms with E-state index in [2.05, 4.69) is 0 Å². The summed E-state index contributed by atoms with van der Waals surface area (Å²) in [5.74, 6) is 0.854. The minimum absolute atomic E-state index is 0.723. The van der Waals surface area contributed by atoms with E-state index in [1.165, 1.54) is 38.9 Å². The van der Waals surface area contributed by atoms with E-state index in [1.807, 2.05) is 25.1 Å². The molecule has 1 saturated heterocycles. The van der Waals surface area contributed by atoms with Crippen LogP contribution in [0.25, 0.3) is 0 Å². The molecule has 0 aliphatic carbocycles. The molecular formula is C15H23ClNO+. The maximum Gasteiger partial charge on any atom is 0.140 e.